The Morgan fingerprint density at radius 2 is 2.05 bits per heavy atom. The second kappa shape index (κ2) is 6.92. The van der Waals surface area contributed by atoms with Crippen LogP contribution >= 0.6 is 0 Å². The van der Waals surface area contributed by atoms with Crippen LogP contribution in [0.15, 0.2) is 18.2 Å². The van der Waals surface area contributed by atoms with Crippen molar-refractivity contribution in [3.05, 3.63) is 29.3 Å². The van der Waals surface area contributed by atoms with E-state index < -0.39 is 0 Å². The summed E-state index contributed by atoms with van der Waals surface area (Å²) >= 11 is 0. The van der Waals surface area contributed by atoms with E-state index >= 15 is 0 Å². The normalized spacial score (nSPS) is 11.8. The van der Waals surface area contributed by atoms with Crippen molar-refractivity contribution < 1.29 is 14.3 Å². The second-order valence-electron chi connectivity index (χ2n) is 4.64. The molecule has 1 amide bonds. The summed E-state index contributed by atoms with van der Waals surface area (Å²) in [5.74, 6) is 0.545. The highest BCUT2D eigenvalue weighted by Crippen LogP contribution is 2.20. The van der Waals surface area contributed by atoms with Crippen LogP contribution in [0, 0.1) is 0 Å². The van der Waals surface area contributed by atoms with Crippen molar-refractivity contribution in [1.29, 1.82) is 0 Å². The number of nitrogens with one attached hydrogen (secondary N) is 1. The van der Waals surface area contributed by atoms with Crippen LogP contribution in [0.2, 0.25) is 0 Å². The van der Waals surface area contributed by atoms with E-state index in [9.17, 15) is 9.59 Å². The molecule has 4 heteroatoms. The number of carbonyl (C=O) groups excluding carboxylic acids is 2. The second-order valence-corrected chi connectivity index (χ2v) is 4.64. The minimum Gasteiger partial charge on any atom is -0.496 e. The number of ketones is 1. The first kappa shape index (κ1) is 15.2. The summed E-state index contributed by atoms with van der Waals surface area (Å²) < 4.78 is 5.22. The molecule has 104 valence electrons. The maximum Gasteiger partial charge on any atom is 0.224 e. The van der Waals surface area contributed by atoms with E-state index in [1.54, 1.807) is 25.3 Å². The predicted octanol–water partition coefficient (Wildman–Crippen LogP) is 2.36. The third kappa shape index (κ3) is 4.39. The van der Waals surface area contributed by atoms with Gasteiger partial charge >= 0.3 is 0 Å². The Bertz CT molecular complexity index is 468. The van der Waals surface area contributed by atoms with Crippen molar-refractivity contribution in [2.24, 2.45) is 0 Å². The summed E-state index contributed by atoms with van der Waals surface area (Å²) in [6, 6.07) is 5.30. The van der Waals surface area contributed by atoms with Crippen LogP contribution in [-0.2, 0) is 11.2 Å². The molecule has 1 aromatic rings. The van der Waals surface area contributed by atoms with Gasteiger partial charge in [0.2, 0.25) is 5.91 Å². The van der Waals surface area contributed by atoms with E-state index in [2.05, 4.69) is 5.32 Å². The molecule has 0 aliphatic heterocycles. The summed E-state index contributed by atoms with van der Waals surface area (Å²) in [4.78, 5) is 23.2. The van der Waals surface area contributed by atoms with Crippen LogP contribution in [0.5, 0.6) is 5.75 Å². The molecule has 1 atom stereocenters. The molecular weight excluding hydrogens is 242 g/mol. The van der Waals surface area contributed by atoms with Crippen molar-refractivity contribution in [2.45, 2.75) is 39.7 Å². The number of rotatable bonds is 6. The monoisotopic (exact) mass is 263 g/mol. The number of amides is 1. The summed E-state index contributed by atoms with van der Waals surface area (Å²) in [5.41, 5.74) is 1.32. The standard InChI is InChI=1S/C15H21NO3/c1-5-10(2)16-15(18)9-13-8-12(11(3)17)6-7-14(13)19-4/h6-8,10H,5,9H2,1-4H3,(H,16,18). The minimum absolute atomic E-state index is 0.0220. The molecule has 0 saturated carbocycles. The highest BCUT2D eigenvalue weighted by Gasteiger charge is 2.12. The van der Waals surface area contributed by atoms with Crippen LogP contribution in [0.25, 0.3) is 0 Å². The van der Waals surface area contributed by atoms with Gasteiger partial charge in [-0.3, -0.25) is 9.59 Å². The van der Waals surface area contributed by atoms with Crippen molar-refractivity contribution in [3.8, 4) is 5.75 Å². The van der Waals surface area contributed by atoms with E-state index in [1.807, 2.05) is 13.8 Å². The molecule has 19 heavy (non-hydrogen) atoms. The molecule has 1 aromatic carbocycles. The number of Topliss-reactive ketones (excluding diaryl/α,β-unsaturated/α-hetero) is 1. The molecule has 0 fully saturated rings. The molecule has 0 aliphatic carbocycles. The zero-order valence-corrected chi connectivity index (χ0v) is 11.9. The average Bonchev–Trinajstić information content (AvgIpc) is 2.38. The first-order valence-electron chi connectivity index (χ1n) is 6.45. The Balaban J connectivity index is 2.88. The lowest BCUT2D eigenvalue weighted by atomic mass is 10.0. The Labute approximate surface area is 114 Å². The molecule has 1 N–H and O–H groups in total. The summed E-state index contributed by atoms with van der Waals surface area (Å²) in [7, 11) is 1.55. The highest BCUT2D eigenvalue weighted by molar-refractivity contribution is 5.94. The Hall–Kier alpha value is -1.84. The quantitative estimate of drug-likeness (QED) is 0.802. The van der Waals surface area contributed by atoms with Crippen molar-refractivity contribution in [1.82, 2.24) is 5.32 Å². The van der Waals surface area contributed by atoms with E-state index in [0.29, 0.717) is 11.3 Å². The lowest BCUT2D eigenvalue weighted by molar-refractivity contribution is -0.121. The van der Waals surface area contributed by atoms with Gasteiger partial charge in [-0.1, -0.05) is 6.92 Å². The Kier molecular flexibility index (Phi) is 5.55. The zero-order valence-electron chi connectivity index (χ0n) is 11.9. The number of hydrogen-bond acceptors (Lipinski definition) is 3. The molecule has 0 spiro atoms. The molecule has 0 aromatic heterocycles. The van der Waals surface area contributed by atoms with E-state index in [-0.39, 0.29) is 24.2 Å². The van der Waals surface area contributed by atoms with Gasteiger partial charge in [-0.25, -0.2) is 0 Å². The van der Waals surface area contributed by atoms with Gasteiger partial charge in [-0.2, -0.15) is 0 Å². The van der Waals surface area contributed by atoms with Crippen molar-refractivity contribution in [2.75, 3.05) is 7.11 Å². The zero-order chi connectivity index (χ0) is 14.4. The smallest absolute Gasteiger partial charge is 0.224 e. The molecule has 0 radical (unpaired) electrons. The van der Waals surface area contributed by atoms with E-state index in [0.717, 1.165) is 12.0 Å². The fourth-order valence-electron chi connectivity index (χ4n) is 1.74. The molecule has 1 rings (SSSR count). The lowest BCUT2D eigenvalue weighted by Crippen LogP contribution is -2.33. The van der Waals surface area contributed by atoms with Crippen LogP contribution in [0.3, 0.4) is 0 Å². The molecule has 0 aliphatic rings. The van der Waals surface area contributed by atoms with Crippen molar-refractivity contribution >= 4 is 11.7 Å². The SMILES string of the molecule is CCC(C)NC(=O)Cc1cc(C(C)=O)ccc1OC. The Morgan fingerprint density at radius 3 is 2.58 bits per heavy atom. The molecule has 1 unspecified atom stereocenters. The molecular formula is C15H21NO3. The van der Waals surface area contributed by atoms with Gasteiger partial charge in [0, 0.05) is 17.2 Å². The van der Waals surface area contributed by atoms with Gasteiger partial charge in [-0.05, 0) is 38.5 Å². The molecule has 0 saturated heterocycles. The number of methoxy groups -OCH3 is 1. The first-order chi connectivity index (χ1) is 8.97. The van der Waals surface area contributed by atoms with Crippen LogP contribution < -0.4 is 10.1 Å². The fraction of sp³-hybridized carbons (Fsp3) is 0.467. The Morgan fingerprint density at radius 1 is 1.37 bits per heavy atom. The summed E-state index contributed by atoms with van der Waals surface area (Å²) in [6.45, 7) is 5.48. The van der Waals surface area contributed by atoms with Gasteiger partial charge < -0.3 is 10.1 Å². The highest BCUT2D eigenvalue weighted by atomic mass is 16.5. The van der Waals surface area contributed by atoms with Crippen LogP contribution in [-0.4, -0.2) is 24.8 Å². The molecule has 0 bridgehead atoms. The fourth-order valence-corrected chi connectivity index (χ4v) is 1.74. The summed E-state index contributed by atoms with van der Waals surface area (Å²) in [6.07, 6.45) is 1.10. The first-order valence-corrected chi connectivity index (χ1v) is 6.45. The maximum absolute atomic E-state index is 11.9. The van der Waals surface area contributed by atoms with E-state index in [4.69, 9.17) is 4.74 Å². The number of hydrogen-bond donors (Lipinski definition) is 1. The van der Waals surface area contributed by atoms with Gasteiger partial charge in [-0.15, -0.1) is 0 Å². The van der Waals surface area contributed by atoms with Gasteiger partial charge in [0.15, 0.2) is 5.78 Å². The average molecular weight is 263 g/mol. The third-order valence-corrected chi connectivity index (χ3v) is 3.06. The predicted molar refractivity (Wildman–Crippen MR) is 74.6 cm³/mol. The minimum atomic E-state index is -0.0617. The third-order valence-electron chi connectivity index (χ3n) is 3.06. The van der Waals surface area contributed by atoms with E-state index in [1.165, 1.54) is 6.92 Å². The number of carbonyl (C=O) groups is 2. The van der Waals surface area contributed by atoms with Gasteiger partial charge in [0.1, 0.15) is 5.75 Å². The largest absolute Gasteiger partial charge is 0.496 e. The number of benzene rings is 1. The molecule has 0 heterocycles. The van der Waals surface area contributed by atoms with Crippen LogP contribution in [0.1, 0.15) is 43.1 Å². The molecule has 4 nitrogen and oxygen atoms in total. The van der Waals surface area contributed by atoms with Gasteiger partial charge in [0.05, 0.1) is 13.5 Å². The summed E-state index contributed by atoms with van der Waals surface area (Å²) in [5, 5.41) is 2.90. The van der Waals surface area contributed by atoms with Crippen LogP contribution in [0.4, 0.5) is 0 Å². The lowest BCUT2D eigenvalue weighted by Gasteiger charge is -2.13. The topological polar surface area (TPSA) is 55.4 Å². The maximum atomic E-state index is 11.9. The van der Waals surface area contributed by atoms with Crippen molar-refractivity contribution in [3.63, 3.8) is 0 Å². The van der Waals surface area contributed by atoms with Gasteiger partial charge in [0.25, 0.3) is 0 Å². The number of ether oxygens (including phenoxy) is 1.